The van der Waals surface area contributed by atoms with E-state index in [1.54, 1.807) is 17.7 Å². The minimum atomic E-state index is 0.352. The fourth-order valence-corrected chi connectivity index (χ4v) is 4.07. The predicted molar refractivity (Wildman–Crippen MR) is 90.7 cm³/mol. The SMILES string of the molecule is CCc1sc(-c2nnc(CN[C@@H]3CCc4ncnn4C3)o2)cc1C. The highest BCUT2D eigenvalue weighted by Gasteiger charge is 2.20. The molecule has 1 atom stereocenters. The second-order valence-corrected chi connectivity index (χ2v) is 7.18. The third kappa shape index (κ3) is 2.99. The van der Waals surface area contributed by atoms with Crippen LogP contribution in [0.25, 0.3) is 10.8 Å². The van der Waals surface area contributed by atoms with Crippen LogP contribution in [0, 0.1) is 6.92 Å². The molecule has 0 spiro atoms. The van der Waals surface area contributed by atoms with Crippen LogP contribution in [-0.2, 0) is 25.9 Å². The van der Waals surface area contributed by atoms with Gasteiger partial charge in [0.1, 0.15) is 12.2 Å². The van der Waals surface area contributed by atoms with Crippen molar-refractivity contribution in [2.24, 2.45) is 0 Å². The van der Waals surface area contributed by atoms with Gasteiger partial charge in [-0.1, -0.05) is 6.92 Å². The maximum atomic E-state index is 5.82. The smallest absolute Gasteiger partial charge is 0.257 e. The van der Waals surface area contributed by atoms with Crippen molar-refractivity contribution in [1.29, 1.82) is 0 Å². The molecule has 0 fully saturated rings. The molecule has 126 valence electrons. The number of rotatable bonds is 5. The summed E-state index contributed by atoms with van der Waals surface area (Å²) in [5.41, 5.74) is 1.29. The summed E-state index contributed by atoms with van der Waals surface area (Å²) in [6, 6.07) is 2.48. The molecule has 0 saturated heterocycles. The quantitative estimate of drug-likeness (QED) is 0.765. The van der Waals surface area contributed by atoms with Gasteiger partial charge in [-0.15, -0.1) is 21.5 Å². The Kier molecular flexibility index (Phi) is 4.15. The number of hydrogen-bond acceptors (Lipinski definition) is 7. The lowest BCUT2D eigenvalue weighted by atomic mass is 10.1. The molecule has 0 saturated carbocycles. The molecule has 1 aliphatic rings. The molecule has 1 N–H and O–H groups in total. The van der Waals surface area contributed by atoms with Gasteiger partial charge in [-0.05, 0) is 31.4 Å². The summed E-state index contributed by atoms with van der Waals surface area (Å²) in [6.07, 6.45) is 4.64. The molecule has 0 aromatic carbocycles. The van der Waals surface area contributed by atoms with E-state index in [2.05, 4.69) is 45.5 Å². The van der Waals surface area contributed by atoms with Crippen LogP contribution in [0.3, 0.4) is 0 Å². The average molecular weight is 344 g/mol. The predicted octanol–water partition coefficient (Wildman–Crippen LogP) is 2.37. The third-order valence-electron chi connectivity index (χ3n) is 4.37. The summed E-state index contributed by atoms with van der Waals surface area (Å²) < 4.78 is 7.78. The van der Waals surface area contributed by atoms with Gasteiger partial charge in [0.2, 0.25) is 5.89 Å². The van der Waals surface area contributed by atoms with Gasteiger partial charge in [-0.3, -0.25) is 0 Å². The van der Waals surface area contributed by atoms with Crippen LogP contribution < -0.4 is 5.32 Å². The maximum Gasteiger partial charge on any atom is 0.257 e. The molecule has 24 heavy (non-hydrogen) atoms. The van der Waals surface area contributed by atoms with Crippen LogP contribution >= 0.6 is 11.3 Å². The summed E-state index contributed by atoms with van der Waals surface area (Å²) in [5.74, 6) is 2.30. The Bertz CT molecular complexity index is 835. The van der Waals surface area contributed by atoms with E-state index < -0.39 is 0 Å². The van der Waals surface area contributed by atoms with Gasteiger partial charge in [0.15, 0.2) is 0 Å². The van der Waals surface area contributed by atoms with Crippen molar-refractivity contribution < 1.29 is 4.42 Å². The Labute approximate surface area is 144 Å². The average Bonchev–Trinajstić information content (AvgIpc) is 3.31. The fraction of sp³-hybridized carbons (Fsp3) is 0.500. The van der Waals surface area contributed by atoms with Gasteiger partial charge in [-0.25, -0.2) is 9.67 Å². The van der Waals surface area contributed by atoms with E-state index in [0.29, 0.717) is 24.4 Å². The summed E-state index contributed by atoms with van der Waals surface area (Å²) in [7, 11) is 0. The topological polar surface area (TPSA) is 81.7 Å². The minimum Gasteiger partial charge on any atom is -0.419 e. The van der Waals surface area contributed by atoms with Gasteiger partial charge in [-0.2, -0.15) is 5.10 Å². The van der Waals surface area contributed by atoms with E-state index in [1.165, 1.54) is 10.4 Å². The molecule has 0 aliphatic carbocycles. The van der Waals surface area contributed by atoms with Crippen LogP contribution in [0.2, 0.25) is 0 Å². The van der Waals surface area contributed by atoms with Crippen molar-refractivity contribution in [2.45, 2.75) is 52.2 Å². The first-order valence-corrected chi connectivity index (χ1v) is 9.06. The van der Waals surface area contributed by atoms with Gasteiger partial charge in [0.25, 0.3) is 5.89 Å². The molecular formula is C16H20N6OS. The van der Waals surface area contributed by atoms with E-state index in [-0.39, 0.29) is 0 Å². The summed E-state index contributed by atoms with van der Waals surface area (Å²) in [4.78, 5) is 6.67. The zero-order chi connectivity index (χ0) is 16.5. The molecule has 4 heterocycles. The molecule has 8 heteroatoms. The number of fused-ring (bicyclic) bond motifs is 1. The summed E-state index contributed by atoms with van der Waals surface area (Å²) >= 11 is 1.73. The molecule has 4 rings (SSSR count). The highest BCUT2D eigenvalue weighted by molar-refractivity contribution is 7.15. The number of aromatic nitrogens is 5. The Balaban J connectivity index is 1.39. The molecule has 0 bridgehead atoms. The molecule has 0 unspecified atom stereocenters. The zero-order valence-electron chi connectivity index (χ0n) is 13.8. The lowest BCUT2D eigenvalue weighted by Crippen LogP contribution is -2.37. The number of thiophene rings is 1. The van der Waals surface area contributed by atoms with E-state index in [0.717, 1.165) is 36.5 Å². The molecule has 0 radical (unpaired) electrons. The second-order valence-electron chi connectivity index (χ2n) is 6.05. The molecular weight excluding hydrogens is 324 g/mol. The Morgan fingerprint density at radius 1 is 1.42 bits per heavy atom. The zero-order valence-corrected chi connectivity index (χ0v) is 14.6. The minimum absolute atomic E-state index is 0.352. The molecule has 3 aromatic rings. The number of nitrogens with zero attached hydrogens (tertiary/aromatic N) is 5. The van der Waals surface area contributed by atoms with Gasteiger partial charge in [0, 0.05) is 17.3 Å². The van der Waals surface area contributed by atoms with E-state index in [4.69, 9.17) is 4.42 Å². The van der Waals surface area contributed by atoms with E-state index in [9.17, 15) is 0 Å². The number of aryl methyl sites for hydroxylation is 3. The molecule has 3 aromatic heterocycles. The molecule has 7 nitrogen and oxygen atoms in total. The van der Waals surface area contributed by atoms with Crippen molar-refractivity contribution in [3.8, 4) is 10.8 Å². The van der Waals surface area contributed by atoms with Crippen molar-refractivity contribution in [2.75, 3.05) is 0 Å². The normalized spacial score (nSPS) is 17.2. The summed E-state index contributed by atoms with van der Waals surface area (Å²) in [5, 5.41) is 16.1. The highest BCUT2D eigenvalue weighted by Crippen LogP contribution is 2.30. The van der Waals surface area contributed by atoms with Gasteiger partial charge in [0.05, 0.1) is 18.0 Å². The Morgan fingerprint density at radius 2 is 2.33 bits per heavy atom. The number of hydrogen-bond donors (Lipinski definition) is 1. The Hall–Kier alpha value is -2.06. The highest BCUT2D eigenvalue weighted by atomic mass is 32.1. The van der Waals surface area contributed by atoms with Crippen LogP contribution in [-0.4, -0.2) is 31.0 Å². The number of nitrogens with one attached hydrogen (secondary N) is 1. The first-order valence-electron chi connectivity index (χ1n) is 8.25. The second kappa shape index (κ2) is 6.45. The van der Waals surface area contributed by atoms with Crippen LogP contribution in [0.1, 0.15) is 35.5 Å². The maximum absolute atomic E-state index is 5.82. The first-order chi connectivity index (χ1) is 11.7. The van der Waals surface area contributed by atoms with Crippen LogP contribution in [0.15, 0.2) is 16.8 Å². The lowest BCUT2D eigenvalue weighted by molar-refractivity contribution is 0.342. The third-order valence-corrected chi connectivity index (χ3v) is 5.74. The van der Waals surface area contributed by atoms with Crippen molar-refractivity contribution >= 4 is 11.3 Å². The van der Waals surface area contributed by atoms with Crippen molar-refractivity contribution in [3.05, 3.63) is 34.5 Å². The molecule has 0 amide bonds. The monoisotopic (exact) mass is 344 g/mol. The fourth-order valence-electron chi connectivity index (χ4n) is 3.04. The van der Waals surface area contributed by atoms with Crippen molar-refractivity contribution in [3.63, 3.8) is 0 Å². The van der Waals surface area contributed by atoms with Crippen molar-refractivity contribution in [1.82, 2.24) is 30.3 Å². The van der Waals surface area contributed by atoms with E-state index >= 15 is 0 Å². The standard InChI is InChI=1S/C16H20N6OS/c1-3-12-10(2)6-13(24-12)16-21-20-15(23-16)7-17-11-4-5-14-18-9-19-22(14)8-11/h6,9,11,17H,3-5,7-8H2,1-2H3/t11-/m1/s1. The molecule has 1 aliphatic heterocycles. The lowest BCUT2D eigenvalue weighted by Gasteiger charge is -2.22. The first kappa shape index (κ1) is 15.5. The van der Waals surface area contributed by atoms with Gasteiger partial charge >= 0.3 is 0 Å². The summed E-state index contributed by atoms with van der Waals surface area (Å²) in [6.45, 7) is 5.70. The largest absolute Gasteiger partial charge is 0.419 e. The van der Waals surface area contributed by atoms with Gasteiger partial charge < -0.3 is 9.73 Å². The van der Waals surface area contributed by atoms with Crippen LogP contribution in [0.4, 0.5) is 0 Å². The Morgan fingerprint density at radius 3 is 3.17 bits per heavy atom. The van der Waals surface area contributed by atoms with E-state index in [1.807, 2.05) is 4.68 Å². The van der Waals surface area contributed by atoms with Crippen LogP contribution in [0.5, 0.6) is 0 Å².